The van der Waals surface area contributed by atoms with E-state index in [1.165, 1.54) is 0 Å². The van der Waals surface area contributed by atoms with E-state index in [1.54, 1.807) is 6.07 Å². The van der Waals surface area contributed by atoms with Gasteiger partial charge in [0.25, 0.3) is 0 Å². The summed E-state index contributed by atoms with van der Waals surface area (Å²) in [5.74, 6) is 1.03. The Morgan fingerprint density at radius 3 is 2.41 bits per heavy atom. The molecule has 1 aliphatic heterocycles. The number of imidazole rings is 1. The lowest BCUT2D eigenvalue weighted by molar-refractivity contribution is -0.121. The lowest BCUT2D eigenvalue weighted by Gasteiger charge is -2.36. The van der Waals surface area contributed by atoms with Crippen molar-refractivity contribution >= 4 is 57.4 Å². The van der Waals surface area contributed by atoms with Crippen molar-refractivity contribution in [1.29, 1.82) is 5.41 Å². The number of nitrogens with two attached hydrogens (primary N) is 1. The van der Waals surface area contributed by atoms with Crippen molar-refractivity contribution in [3.05, 3.63) is 87.7 Å². The molecule has 0 bridgehead atoms. The molecule has 8 nitrogen and oxygen atoms in total. The summed E-state index contributed by atoms with van der Waals surface area (Å²) >= 11 is 12.2. The summed E-state index contributed by atoms with van der Waals surface area (Å²) in [4.78, 5) is 20.2. The molecule has 10 heteroatoms. The van der Waals surface area contributed by atoms with E-state index >= 15 is 0 Å². The van der Waals surface area contributed by atoms with Gasteiger partial charge in [0.2, 0.25) is 5.91 Å². The van der Waals surface area contributed by atoms with Crippen LogP contribution in [0, 0.1) is 5.41 Å². The molecule has 0 spiro atoms. The molecule has 1 fully saturated rings. The Morgan fingerprint density at radius 2 is 1.73 bits per heavy atom. The normalized spacial score (nSPS) is 15.1. The maximum absolute atomic E-state index is 13.1. The molecule has 1 aromatic heterocycles. The molecule has 5 rings (SSSR count). The quantitative estimate of drug-likeness (QED) is 0.144. The van der Waals surface area contributed by atoms with Gasteiger partial charge in [-0.1, -0.05) is 47.5 Å². The first-order valence-corrected chi connectivity index (χ1v) is 14.6. The Kier molecular flexibility index (Phi) is 8.82. The van der Waals surface area contributed by atoms with Crippen LogP contribution in [0.5, 0.6) is 0 Å². The standard InChI is InChI=1S/C31H35Cl2N7O/c1-19(40-15-13-22(14-16-40)36-23-8-10-25(32)26(33)17-23)31(41)37-24-9-11-28-27(18-24)38-29(39(28)2)12-5-20-3-6-21(7-4-20)30(34)35/h3-4,6-11,17-19,22,36H,5,12-16H2,1-2H3,(H3,34,35)(H,37,41). The third-order valence-corrected chi connectivity index (χ3v) is 8.63. The molecule has 214 valence electrons. The lowest BCUT2D eigenvalue weighted by atomic mass is 10.0. The van der Waals surface area contributed by atoms with Crippen LogP contribution >= 0.6 is 23.2 Å². The van der Waals surface area contributed by atoms with Gasteiger partial charge in [-0.2, -0.15) is 0 Å². The number of anilines is 2. The largest absolute Gasteiger partial charge is 0.384 e. The molecule has 1 amide bonds. The Hall–Kier alpha value is -3.59. The van der Waals surface area contributed by atoms with Crippen LogP contribution in [0.25, 0.3) is 11.0 Å². The molecule has 5 N–H and O–H groups in total. The number of nitrogens with zero attached hydrogens (tertiary/aromatic N) is 3. The number of carbonyl (C=O) groups excluding carboxylic acids is 1. The van der Waals surface area contributed by atoms with Gasteiger partial charge < -0.3 is 20.9 Å². The molecule has 1 saturated heterocycles. The minimum atomic E-state index is -0.245. The minimum Gasteiger partial charge on any atom is -0.384 e. The van der Waals surface area contributed by atoms with Crippen LogP contribution in [0.15, 0.2) is 60.7 Å². The van der Waals surface area contributed by atoms with Gasteiger partial charge in [0.15, 0.2) is 0 Å². The highest BCUT2D eigenvalue weighted by Crippen LogP contribution is 2.27. The highest BCUT2D eigenvalue weighted by molar-refractivity contribution is 6.42. The average molecular weight is 593 g/mol. The first-order chi connectivity index (χ1) is 19.7. The van der Waals surface area contributed by atoms with Gasteiger partial charge in [-0.15, -0.1) is 0 Å². The smallest absolute Gasteiger partial charge is 0.241 e. The fraction of sp³-hybridized carbons (Fsp3) is 0.323. The monoisotopic (exact) mass is 591 g/mol. The van der Waals surface area contributed by atoms with Crippen LogP contribution < -0.4 is 16.4 Å². The number of aromatic nitrogens is 2. The maximum atomic E-state index is 13.1. The van der Waals surface area contributed by atoms with Gasteiger partial charge in [-0.05, 0) is 68.1 Å². The van der Waals surface area contributed by atoms with Gasteiger partial charge in [0, 0.05) is 49.5 Å². The Bertz CT molecular complexity index is 1560. The van der Waals surface area contributed by atoms with E-state index in [2.05, 4.69) is 20.1 Å². The zero-order chi connectivity index (χ0) is 29.1. The Balaban J connectivity index is 1.15. The third-order valence-electron chi connectivity index (χ3n) is 7.89. The van der Waals surface area contributed by atoms with Crippen LogP contribution in [0.3, 0.4) is 0 Å². The van der Waals surface area contributed by atoms with Gasteiger partial charge >= 0.3 is 0 Å². The first-order valence-electron chi connectivity index (χ1n) is 13.8. The number of aryl methyl sites for hydroxylation is 3. The number of nitrogens with one attached hydrogen (secondary N) is 3. The summed E-state index contributed by atoms with van der Waals surface area (Å²) in [5.41, 5.74) is 11.0. The van der Waals surface area contributed by atoms with E-state index in [0.29, 0.717) is 16.1 Å². The first kappa shape index (κ1) is 28.9. The summed E-state index contributed by atoms with van der Waals surface area (Å²) in [5, 5.41) is 15.3. The summed E-state index contributed by atoms with van der Waals surface area (Å²) < 4.78 is 2.10. The average Bonchev–Trinajstić information content (AvgIpc) is 3.28. The van der Waals surface area contributed by atoms with E-state index in [9.17, 15) is 4.79 Å². The molecule has 0 radical (unpaired) electrons. The molecule has 1 atom stereocenters. The summed E-state index contributed by atoms with van der Waals surface area (Å²) in [7, 11) is 2.02. The van der Waals surface area contributed by atoms with E-state index in [1.807, 2.05) is 68.6 Å². The highest BCUT2D eigenvalue weighted by Gasteiger charge is 2.27. The number of nitrogen functional groups attached to an aromatic ring is 1. The van der Waals surface area contributed by atoms with Crippen LogP contribution in [-0.4, -0.2) is 51.4 Å². The van der Waals surface area contributed by atoms with Crippen molar-refractivity contribution < 1.29 is 4.79 Å². The number of benzene rings is 3. The number of carbonyl (C=O) groups is 1. The van der Waals surface area contributed by atoms with Gasteiger partial charge in [-0.3, -0.25) is 15.1 Å². The number of halogens is 2. The van der Waals surface area contributed by atoms with Crippen molar-refractivity contribution in [3.8, 4) is 0 Å². The SMILES string of the molecule is CC(C(=O)Nc1ccc2c(c1)nc(CCc1ccc(C(=N)N)cc1)n2C)N1CCC(Nc2ccc(Cl)c(Cl)c2)CC1. The van der Waals surface area contributed by atoms with Gasteiger partial charge in [0.1, 0.15) is 11.7 Å². The number of amides is 1. The van der Waals surface area contributed by atoms with Crippen molar-refractivity contribution in [1.82, 2.24) is 14.5 Å². The third kappa shape index (κ3) is 6.84. The second-order valence-electron chi connectivity index (χ2n) is 10.6. The summed E-state index contributed by atoms with van der Waals surface area (Å²) in [6, 6.07) is 19.3. The van der Waals surface area contributed by atoms with E-state index < -0.39 is 0 Å². The lowest BCUT2D eigenvalue weighted by Crippen LogP contribution is -2.48. The zero-order valence-electron chi connectivity index (χ0n) is 23.3. The van der Waals surface area contributed by atoms with Crippen molar-refractivity contribution in [2.45, 2.75) is 44.7 Å². The molecule has 0 aliphatic carbocycles. The number of likely N-dealkylation sites (tertiary alicyclic amines) is 1. The fourth-order valence-corrected chi connectivity index (χ4v) is 5.62. The summed E-state index contributed by atoms with van der Waals surface area (Å²) in [6.07, 6.45) is 3.47. The maximum Gasteiger partial charge on any atom is 0.241 e. The second kappa shape index (κ2) is 12.5. The van der Waals surface area contributed by atoms with Crippen LogP contribution in [0.1, 0.15) is 36.7 Å². The van der Waals surface area contributed by atoms with Gasteiger partial charge in [-0.25, -0.2) is 4.98 Å². The number of hydrogen-bond donors (Lipinski definition) is 4. The molecule has 2 heterocycles. The highest BCUT2D eigenvalue weighted by atomic mass is 35.5. The predicted octanol–water partition coefficient (Wildman–Crippen LogP) is 5.85. The van der Waals surface area contributed by atoms with Crippen LogP contribution in [0.4, 0.5) is 11.4 Å². The number of piperidine rings is 1. The van der Waals surface area contributed by atoms with Crippen molar-refractivity contribution in [2.75, 3.05) is 23.7 Å². The summed E-state index contributed by atoms with van der Waals surface area (Å²) in [6.45, 7) is 3.61. The number of amidine groups is 1. The molecule has 4 aromatic rings. The van der Waals surface area contributed by atoms with Crippen molar-refractivity contribution in [2.24, 2.45) is 12.8 Å². The Morgan fingerprint density at radius 1 is 1.02 bits per heavy atom. The zero-order valence-corrected chi connectivity index (χ0v) is 24.8. The van der Waals surface area contributed by atoms with E-state index in [-0.39, 0.29) is 17.8 Å². The number of fused-ring (bicyclic) bond motifs is 1. The molecular weight excluding hydrogens is 557 g/mol. The van der Waals surface area contributed by atoms with Crippen LogP contribution in [0.2, 0.25) is 10.0 Å². The molecule has 3 aromatic carbocycles. The van der Waals surface area contributed by atoms with Gasteiger partial charge in [0.05, 0.1) is 27.1 Å². The van der Waals surface area contributed by atoms with Crippen molar-refractivity contribution in [3.63, 3.8) is 0 Å². The van der Waals surface area contributed by atoms with E-state index in [4.69, 9.17) is 39.3 Å². The topological polar surface area (TPSA) is 112 Å². The molecule has 0 saturated carbocycles. The molecule has 1 unspecified atom stereocenters. The fourth-order valence-electron chi connectivity index (χ4n) is 5.32. The number of hydrogen-bond acceptors (Lipinski definition) is 5. The molecule has 1 aliphatic rings. The molecule has 41 heavy (non-hydrogen) atoms. The predicted molar refractivity (Wildman–Crippen MR) is 168 cm³/mol. The Labute approximate surface area is 250 Å². The van der Waals surface area contributed by atoms with E-state index in [0.717, 1.165) is 78.1 Å². The second-order valence-corrected chi connectivity index (χ2v) is 11.5. The minimum absolute atomic E-state index is 0.0228. The van der Waals surface area contributed by atoms with Crippen LogP contribution in [-0.2, 0) is 24.7 Å². The molecular formula is C31H35Cl2N7O. The number of rotatable bonds is 9.